The Morgan fingerprint density at radius 1 is 0.436 bits per heavy atom. The Morgan fingerprint density at radius 2 is 0.727 bits per heavy atom. The fourth-order valence-electron chi connectivity index (χ4n) is 6.19. The van der Waals surface area contributed by atoms with Gasteiger partial charge < -0.3 is 35.7 Å². The molecule has 332 valence electrons. The number of hydrogen-bond donors (Lipinski definition) is 7. The quantitative estimate of drug-likeness (QED) is 0.0319. The van der Waals surface area contributed by atoms with Crippen molar-refractivity contribution < 1.29 is 45.3 Å². The van der Waals surface area contributed by atoms with Crippen LogP contribution in [0.3, 0.4) is 0 Å². The van der Waals surface area contributed by atoms with Gasteiger partial charge in [0.15, 0.2) is 0 Å². The third-order valence-electron chi connectivity index (χ3n) is 11.2. The molecule has 0 rings (SSSR count). The fraction of sp³-hybridized carbons (Fsp3) is 0.957. The Labute approximate surface area is 339 Å². The highest BCUT2D eigenvalue weighted by Crippen LogP contribution is 2.28. The SMILES string of the molecule is CC(C)(CO)CCCCC(CO)CCCCC(C)(C)C(=O)O.CCCCC(O)CCCCCC(C)(C)C(=O)O.CCCCC(O)CCCCCC(C)(C)CO. The number of carboxylic acid groups (broad SMARTS) is 2. The summed E-state index contributed by atoms with van der Waals surface area (Å²) in [5.74, 6) is -1.14. The van der Waals surface area contributed by atoms with E-state index in [1.54, 1.807) is 27.7 Å². The maximum Gasteiger partial charge on any atom is 0.309 e. The van der Waals surface area contributed by atoms with Crippen LogP contribution >= 0.6 is 0 Å². The normalized spacial score (nSPS) is 13.9. The summed E-state index contributed by atoms with van der Waals surface area (Å²) in [6.07, 6.45) is 23.8. The van der Waals surface area contributed by atoms with Crippen LogP contribution in [0.4, 0.5) is 0 Å². The first-order valence-corrected chi connectivity index (χ1v) is 22.2. The summed E-state index contributed by atoms with van der Waals surface area (Å²) >= 11 is 0. The molecule has 9 heteroatoms. The predicted molar refractivity (Wildman–Crippen MR) is 229 cm³/mol. The van der Waals surface area contributed by atoms with E-state index in [1.807, 2.05) is 0 Å². The number of hydrogen-bond acceptors (Lipinski definition) is 7. The lowest BCUT2D eigenvalue weighted by Crippen LogP contribution is -2.23. The van der Waals surface area contributed by atoms with E-state index in [9.17, 15) is 30.0 Å². The second-order valence-electron chi connectivity index (χ2n) is 19.4. The summed E-state index contributed by atoms with van der Waals surface area (Å²) in [4.78, 5) is 21.9. The number of carbonyl (C=O) groups is 2. The van der Waals surface area contributed by atoms with E-state index >= 15 is 0 Å². The van der Waals surface area contributed by atoms with E-state index < -0.39 is 22.8 Å². The van der Waals surface area contributed by atoms with Gasteiger partial charge in [0.05, 0.1) is 23.0 Å². The number of aliphatic hydroxyl groups excluding tert-OH is 5. The molecule has 3 unspecified atom stereocenters. The lowest BCUT2D eigenvalue weighted by Gasteiger charge is -2.22. The highest BCUT2D eigenvalue weighted by atomic mass is 16.4. The van der Waals surface area contributed by atoms with Crippen molar-refractivity contribution in [2.24, 2.45) is 27.6 Å². The van der Waals surface area contributed by atoms with E-state index in [-0.39, 0.29) is 42.9 Å². The molecule has 0 aliphatic carbocycles. The predicted octanol–water partition coefficient (Wildman–Crippen LogP) is 11.0. The molecule has 0 spiro atoms. The smallest absolute Gasteiger partial charge is 0.309 e. The number of aliphatic hydroxyl groups is 5. The van der Waals surface area contributed by atoms with Crippen LogP contribution in [-0.2, 0) is 9.59 Å². The number of aliphatic carboxylic acids is 2. The molecule has 0 aromatic carbocycles. The van der Waals surface area contributed by atoms with Crippen molar-refractivity contribution in [3.05, 3.63) is 0 Å². The first kappa shape index (κ1) is 58.1. The molecule has 7 N–H and O–H groups in total. The van der Waals surface area contributed by atoms with Crippen LogP contribution in [-0.4, -0.2) is 79.7 Å². The summed E-state index contributed by atoms with van der Waals surface area (Å²) in [6, 6.07) is 0. The average molecular weight is 791 g/mol. The molecule has 9 nitrogen and oxygen atoms in total. The Morgan fingerprint density at radius 3 is 1.04 bits per heavy atom. The van der Waals surface area contributed by atoms with Crippen molar-refractivity contribution in [2.45, 2.75) is 236 Å². The highest BCUT2D eigenvalue weighted by molar-refractivity contribution is 5.73. The van der Waals surface area contributed by atoms with E-state index in [0.717, 1.165) is 128 Å². The topological polar surface area (TPSA) is 176 Å². The maximum absolute atomic E-state index is 11.0. The Bertz CT molecular complexity index is 900. The van der Waals surface area contributed by atoms with Crippen molar-refractivity contribution in [3.63, 3.8) is 0 Å². The minimum atomic E-state index is -0.738. The minimum absolute atomic E-state index is 0.00285. The molecule has 0 amide bonds. The van der Waals surface area contributed by atoms with Crippen molar-refractivity contribution >= 4 is 11.9 Å². The lowest BCUT2D eigenvalue weighted by molar-refractivity contribution is -0.148. The standard InChI is InChI=1S/C18H36O4.C14H28O3.C14H30O2/c1-17(2,14-20)11-7-5-9-15(13-19)10-6-8-12-18(3,4)16(21)22;1-4-5-9-12(15)10-7-6-8-11-14(2,3)13(16)17;1-4-5-9-13(16)10-7-6-8-11-14(2,3)12-15/h15,19-20H,5-14H2,1-4H3,(H,21,22);12,15H,4-11H2,1-3H3,(H,16,17);13,15-16H,4-12H2,1-3H3. The van der Waals surface area contributed by atoms with Gasteiger partial charge in [0.25, 0.3) is 0 Å². The van der Waals surface area contributed by atoms with Crippen LogP contribution in [0.25, 0.3) is 0 Å². The van der Waals surface area contributed by atoms with Crippen LogP contribution in [0, 0.1) is 27.6 Å². The lowest BCUT2D eigenvalue weighted by atomic mass is 9.85. The summed E-state index contributed by atoms with van der Waals surface area (Å²) in [5.41, 5.74) is -1.19. The third-order valence-corrected chi connectivity index (χ3v) is 11.2. The Hall–Kier alpha value is -1.26. The van der Waals surface area contributed by atoms with Gasteiger partial charge in [-0.15, -0.1) is 0 Å². The van der Waals surface area contributed by atoms with Gasteiger partial charge in [-0.05, 0) is 109 Å². The van der Waals surface area contributed by atoms with E-state index in [1.165, 1.54) is 12.8 Å². The fourth-order valence-corrected chi connectivity index (χ4v) is 6.19. The average Bonchev–Trinajstić information content (AvgIpc) is 3.12. The van der Waals surface area contributed by atoms with Gasteiger partial charge >= 0.3 is 11.9 Å². The zero-order valence-electron chi connectivity index (χ0n) is 37.8. The van der Waals surface area contributed by atoms with Gasteiger partial charge in [-0.1, -0.05) is 131 Å². The summed E-state index contributed by atoms with van der Waals surface area (Å²) in [7, 11) is 0. The van der Waals surface area contributed by atoms with Crippen molar-refractivity contribution in [1.82, 2.24) is 0 Å². The summed E-state index contributed by atoms with van der Waals surface area (Å²) in [6.45, 7) is 20.4. The molecule has 0 aromatic rings. The number of rotatable bonds is 33. The summed E-state index contributed by atoms with van der Waals surface area (Å²) < 4.78 is 0. The third kappa shape index (κ3) is 36.8. The zero-order chi connectivity index (χ0) is 43.0. The van der Waals surface area contributed by atoms with Crippen LogP contribution in [0.5, 0.6) is 0 Å². The number of carboxylic acids is 2. The van der Waals surface area contributed by atoms with Gasteiger partial charge in [0.2, 0.25) is 0 Å². The molecule has 55 heavy (non-hydrogen) atoms. The van der Waals surface area contributed by atoms with E-state index in [0.29, 0.717) is 18.8 Å². The van der Waals surface area contributed by atoms with Gasteiger partial charge in [-0.2, -0.15) is 0 Å². The molecule has 0 fully saturated rings. The van der Waals surface area contributed by atoms with Gasteiger partial charge in [-0.25, -0.2) is 0 Å². The number of unbranched alkanes of at least 4 members (excludes halogenated alkanes) is 8. The maximum atomic E-state index is 11.0. The van der Waals surface area contributed by atoms with Crippen molar-refractivity contribution in [2.75, 3.05) is 19.8 Å². The zero-order valence-corrected chi connectivity index (χ0v) is 37.8. The van der Waals surface area contributed by atoms with Crippen LogP contribution in [0.1, 0.15) is 223 Å². The van der Waals surface area contributed by atoms with Crippen molar-refractivity contribution in [3.8, 4) is 0 Å². The van der Waals surface area contributed by atoms with Gasteiger partial charge in [0, 0.05) is 19.8 Å². The van der Waals surface area contributed by atoms with E-state index in [2.05, 4.69) is 41.5 Å². The molecule has 0 radical (unpaired) electrons. The Balaban J connectivity index is -0.000000750. The molecule has 0 bridgehead atoms. The first-order valence-electron chi connectivity index (χ1n) is 22.2. The molecule has 0 heterocycles. The van der Waals surface area contributed by atoms with Crippen LogP contribution < -0.4 is 0 Å². The van der Waals surface area contributed by atoms with Gasteiger partial charge in [-0.3, -0.25) is 9.59 Å². The second kappa shape index (κ2) is 33.7. The molecular weight excluding hydrogens is 696 g/mol. The first-order chi connectivity index (χ1) is 25.6. The molecule has 0 aromatic heterocycles. The van der Waals surface area contributed by atoms with E-state index in [4.69, 9.17) is 15.3 Å². The minimum Gasteiger partial charge on any atom is -0.481 e. The van der Waals surface area contributed by atoms with Crippen LogP contribution in [0.2, 0.25) is 0 Å². The molecule has 0 aliphatic rings. The Kier molecular flexibility index (Phi) is 35.6. The van der Waals surface area contributed by atoms with Crippen molar-refractivity contribution in [1.29, 1.82) is 0 Å². The van der Waals surface area contributed by atoms with Crippen LogP contribution in [0.15, 0.2) is 0 Å². The van der Waals surface area contributed by atoms with Gasteiger partial charge in [0.1, 0.15) is 0 Å². The molecule has 0 aliphatic heterocycles. The monoisotopic (exact) mass is 791 g/mol. The highest BCUT2D eigenvalue weighted by Gasteiger charge is 2.27. The summed E-state index contributed by atoms with van der Waals surface area (Å²) in [5, 5.41) is 65.0. The molecular formula is C46H94O9. The molecule has 0 saturated heterocycles. The largest absolute Gasteiger partial charge is 0.481 e. The molecule has 0 saturated carbocycles. The molecule has 3 atom stereocenters. The second-order valence-corrected chi connectivity index (χ2v) is 19.4.